The molecule has 6 heteroatoms. The molecule has 0 aromatic heterocycles. The van der Waals surface area contributed by atoms with Gasteiger partial charge < -0.3 is 10.0 Å². The van der Waals surface area contributed by atoms with Crippen LogP contribution >= 0.6 is 11.8 Å². The molecule has 0 radical (unpaired) electrons. The fourth-order valence-electron chi connectivity index (χ4n) is 1.98. The van der Waals surface area contributed by atoms with E-state index in [9.17, 15) is 9.59 Å². The molecular weight excluding hydrogens is 264 g/mol. The zero-order chi connectivity index (χ0) is 13.8. The van der Waals surface area contributed by atoms with E-state index in [-0.39, 0.29) is 17.2 Å². The van der Waals surface area contributed by atoms with Crippen LogP contribution in [0.15, 0.2) is 18.2 Å². The topological polar surface area (TPSA) is 81.4 Å². The average molecular weight is 276 g/mol. The number of nitriles is 1. The second-order valence-electron chi connectivity index (χ2n) is 4.19. The van der Waals surface area contributed by atoms with Crippen LogP contribution in [0.5, 0.6) is 0 Å². The number of carboxylic acids is 1. The van der Waals surface area contributed by atoms with Gasteiger partial charge in [-0.05, 0) is 23.3 Å². The van der Waals surface area contributed by atoms with Crippen molar-refractivity contribution in [2.75, 3.05) is 11.5 Å². The molecule has 0 fully saturated rings. The zero-order valence-corrected chi connectivity index (χ0v) is 10.9. The summed E-state index contributed by atoms with van der Waals surface area (Å²) in [5.74, 6) is -0.395. The van der Waals surface area contributed by atoms with E-state index in [2.05, 4.69) is 0 Å². The number of carboxylic acid groups (broad SMARTS) is 1. The maximum atomic E-state index is 11.9. The van der Waals surface area contributed by atoms with Crippen LogP contribution in [-0.2, 0) is 17.9 Å². The molecule has 0 bridgehead atoms. The normalized spacial score (nSPS) is 12.9. The van der Waals surface area contributed by atoms with Crippen LogP contribution in [0.1, 0.15) is 21.5 Å². The molecule has 0 atom stereocenters. The van der Waals surface area contributed by atoms with Gasteiger partial charge in [0.05, 0.1) is 23.1 Å². The summed E-state index contributed by atoms with van der Waals surface area (Å²) in [5, 5.41) is 17.3. The molecule has 0 unspecified atom stereocenters. The number of fused-ring (bicyclic) bond motifs is 1. The van der Waals surface area contributed by atoms with Gasteiger partial charge in [0.1, 0.15) is 0 Å². The molecule has 98 valence electrons. The Balaban J connectivity index is 2.02. The van der Waals surface area contributed by atoms with Gasteiger partial charge in [0.2, 0.25) is 5.91 Å². The van der Waals surface area contributed by atoms with Crippen LogP contribution in [0.3, 0.4) is 0 Å². The summed E-state index contributed by atoms with van der Waals surface area (Å²) < 4.78 is 0. The van der Waals surface area contributed by atoms with E-state index in [4.69, 9.17) is 10.4 Å². The summed E-state index contributed by atoms with van der Waals surface area (Å²) >= 11 is 1.29. The first kappa shape index (κ1) is 13.4. The predicted octanol–water partition coefficient (Wildman–Crippen LogP) is 1.48. The Labute approximate surface area is 114 Å². The molecule has 0 saturated heterocycles. The molecule has 1 aromatic carbocycles. The smallest absolute Gasteiger partial charge is 0.335 e. The Kier molecular flexibility index (Phi) is 4.07. The summed E-state index contributed by atoms with van der Waals surface area (Å²) in [4.78, 5) is 24.4. The Morgan fingerprint density at radius 3 is 2.79 bits per heavy atom. The predicted molar refractivity (Wildman–Crippen MR) is 70.6 cm³/mol. The SMILES string of the molecule is N#CCSCC(=O)N1Cc2ccc(C(=O)O)cc2C1. The fraction of sp³-hybridized carbons (Fsp3) is 0.308. The van der Waals surface area contributed by atoms with Crippen molar-refractivity contribution >= 4 is 23.6 Å². The van der Waals surface area contributed by atoms with Crippen molar-refractivity contribution in [3.63, 3.8) is 0 Å². The Morgan fingerprint density at radius 2 is 2.11 bits per heavy atom. The largest absolute Gasteiger partial charge is 0.478 e. The van der Waals surface area contributed by atoms with E-state index in [1.54, 1.807) is 23.1 Å². The van der Waals surface area contributed by atoms with Crippen molar-refractivity contribution in [2.24, 2.45) is 0 Å². The number of carbonyl (C=O) groups excluding carboxylic acids is 1. The van der Waals surface area contributed by atoms with Crippen molar-refractivity contribution in [1.29, 1.82) is 5.26 Å². The Bertz CT molecular complexity index is 565. The molecule has 5 nitrogen and oxygen atoms in total. The quantitative estimate of drug-likeness (QED) is 0.842. The minimum Gasteiger partial charge on any atom is -0.478 e. The van der Waals surface area contributed by atoms with Gasteiger partial charge in [0.25, 0.3) is 0 Å². The molecule has 1 aliphatic rings. The zero-order valence-electron chi connectivity index (χ0n) is 10.1. The number of benzene rings is 1. The first-order valence-electron chi connectivity index (χ1n) is 5.69. The van der Waals surface area contributed by atoms with Crippen molar-refractivity contribution < 1.29 is 14.7 Å². The van der Waals surface area contributed by atoms with Crippen molar-refractivity contribution in [1.82, 2.24) is 4.90 Å². The number of hydrogen-bond acceptors (Lipinski definition) is 4. The standard InChI is InChI=1S/C13H12N2O3S/c14-3-4-19-8-12(16)15-6-10-2-1-9(13(17)18)5-11(10)7-15/h1-2,5H,4,6-8H2,(H,17,18). The molecule has 1 aromatic rings. The van der Waals surface area contributed by atoms with Crippen LogP contribution in [-0.4, -0.2) is 33.4 Å². The summed E-state index contributed by atoms with van der Waals surface area (Å²) in [6, 6.07) is 6.91. The van der Waals surface area contributed by atoms with E-state index < -0.39 is 5.97 Å². The van der Waals surface area contributed by atoms with Gasteiger partial charge in [-0.25, -0.2) is 4.79 Å². The van der Waals surface area contributed by atoms with E-state index in [1.807, 2.05) is 6.07 Å². The Morgan fingerprint density at radius 1 is 1.37 bits per heavy atom. The van der Waals surface area contributed by atoms with Crippen LogP contribution < -0.4 is 0 Å². The minimum atomic E-state index is -0.961. The van der Waals surface area contributed by atoms with E-state index in [0.29, 0.717) is 18.8 Å². The fourth-order valence-corrected chi connectivity index (χ4v) is 2.53. The monoisotopic (exact) mass is 276 g/mol. The third-order valence-electron chi connectivity index (χ3n) is 2.92. The second-order valence-corrected chi connectivity index (χ2v) is 5.17. The first-order chi connectivity index (χ1) is 9.11. The number of hydrogen-bond donors (Lipinski definition) is 1. The lowest BCUT2D eigenvalue weighted by Gasteiger charge is -2.14. The molecular formula is C13H12N2O3S. The molecule has 0 saturated carbocycles. The number of thioether (sulfide) groups is 1. The molecule has 1 heterocycles. The number of aromatic carboxylic acids is 1. The number of amides is 1. The molecule has 0 aliphatic carbocycles. The highest BCUT2D eigenvalue weighted by Gasteiger charge is 2.23. The van der Waals surface area contributed by atoms with Gasteiger partial charge in [-0.1, -0.05) is 6.07 Å². The van der Waals surface area contributed by atoms with E-state index >= 15 is 0 Å². The van der Waals surface area contributed by atoms with Crippen LogP contribution in [0.25, 0.3) is 0 Å². The van der Waals surface area contributed by atoms with Crippen molar-refractivity contribution in [3.05, 3.63) is 34.9 Å². The highest BCUT2D eigenvalue weighted by Crippen LogP contribution is 2.24. The van der Waals surface area contributed by atoms with Gasteiger partial charge in [0, 0.05) is 13.1 Å². The summed E-state index contributed by atoms with van der Waals surface area (Å²) in [5.41, 5.74) is 2.12. The van der Waals surface area contributed by atoms with E-state index in [0.717, 1.165) is 11.1 Å². The highest BCUT2D eigenvalue weighted by atomic mass is 32.2. The number of rotatable bonds is 4. The minimum absolute atomic E-state index is 0.0201. The molecule has 1 N–H and O–H groups in total. The van der Waals surface area contributed by atoms with Crippen LogP contribution in [0, 0.1) is 11.3 Å². The van der Waals surface area contributed by atoms with Gasteiger partial charge in [-0.3, -0.25) is 4.79 Å². The molecule has 1 aliphatic heterocycles. The van der Waals surface area contributed by atoms with Crippen LogP contribution in [0.4, 0.5) is 0 Å². The van der Waals surface area contributed by atoms with Gasteiger partial charge in [-0.2, -0.15) is 5.26 Å². The van der Waals surface area contributed by atoms with Gasteiger partial charge in [0.15, 0.2) is 0 Å². The lowest BCUT2D eigenvalue weighted by molar-refractivity contribution is -0.128. The lowest BCUT2D eigenvalue weighted by atomic mass is 10.1. The second kappa shape index (κ2) is 5.76. The van der Waals surface area contributed by atoms with Crippen molar-refractivity contribution in [2.45, 2.75) is 13.1 Å². The maximum Gasteiger partial charge on any atom is 0.335 e. The maximum absolute atomic E-state index is 11.9. The first-order valence-corrected chi connectivity index (χ1v) is 6.85. The summed E-state index contributed by atoms with van der Waals surface area (Å²) in [6.45, 7) is 0.962. The summed E-state index contributed by atoms with van der Waals surface area (Å²) in [6.07, 6.45) is 0. The molecule has 2 rings (SSSR count). The average Bonchev–Trinajstić information content (AvgIpc) is 2.81. The number of carbonyl (C=O) groups is 2. The third-order valence-corrected chi connectivity index (χ3v) is 3.70. The third kappa shape index (κ3) is 3.06. The Hall–Kier alpha value is -2.00. The van der Waals surface area contributed by atoms with E-state index in [1.165, 1.54) is 11.8 Å². The van der Waals surface area contributed by atoms with Crippen LogP contribution in [0.2, 0.25) is 0 Å². The lowest BCUT2D eigenvalue weighted by Crippen LogP contribution is -2.27. The van der Waals surface area contributed by atoms with Gasteiger partial charge >= 0.3 is 5.97 Å². The molecule has 0 spiro atoms. The molecule has 19 heavy (non-hydrogen) atoms. The summed E-state index contributed by atoms with van der Waals surface area (Å²) in [7, 11) is 0. The van der Waals surface area contributed by atoms with Gasteiger partial charge in [-0.15, -0.1) is 11.8 Å². The molecule has 1 amide bonds. The number of nitrogens with zero attached hydrogens (tertiary/aromatic N) is 2. The highest BCUT2D eigenvalue weighted by molar-refractivity contribution is 8.00. The van der Waals surface area contributed by atoms with Crippen molar-refractivity contribution in [3.8, 4) is 6.07 Å².